The van der Waals surface area contributed by atoms with Gasteiger partial charge < -0.3 is 10.5 Å². The van der Waals surface area contributed by atoms with Gasteiger partial charge in [0.1, 0.15) is 5.82 Å². The van der Waals surface area contributed by atoms with E-state index in [0.29, 0.717) is 11.7 Å². The number of rotatable bonds is 2. The first-order valence-corrected chi connectivity index (χ1v) is 5.71. The number of benzene rings is 1. The fourth-order valence-corrected chi connectivity index (χ4v) is 2.03. The molecule has 0 aliphatic carbocycles. The average molecular weight is 229 g/mol. The van der Waals surface area contributed by atoms with E-state index in [-0.39, 0.29) is 0 Å². The Bertz CT molecular complexity index is 526. The Morgan fingerprint density at radius 2 is 2.00 bits per heavy atom. The summed E-state index contributed by atoms with van der Waals surface area (Å²) in [7, 11) is 1.85. The maximum Gasteiger partial charge on any atom is 0.129 e. The predicted octanol–water partition coefficient (Wildman–Crippen LogP) is 1.78. The second kappa shape index (κ2) is 3.89. The zero-order valence-electron chi connectivity index (χ0n) is 9.76. The number of aryl methyl sites for hydroxylation is 1. The molecule has 1 aromatic carbocycles. The molecule has 0 amide bonds. The molecule has 2 heterocycles. The van der Waals surface area contributed by atoms with Crippen molar-refractivity contribution in [2.75, 3.05) is 18.9 Å². The summed E-state index contributed by atoms with van der Waals surface area (Å²) in [6.45, 7) is 1.68. The Labute approximate surface area is 100 Å². The highest BCUT2D eigenvalue weighted by Crippen LogP contribution is 2.29. The number of nitrogens with two attached hydrogens (primary N) is 1. The Kier molecular flexibility index (Phi) is 2.37. The molecule has 1 saturated heterocycles. The minimum atomic E-state index is 0.565. The topological polar surface area (TPSA) is 53.1 Å². The van der Waals surface area contributed by atoms with Crippen molar-refractivity contribution in [1.29, 1.82) is 0 Å². The summed E-state index contributed by atoms with van der Waals surface area (Å²) >= 11 is 0. The number of nitrogen functional groups attached to an aromatic ring is 1. The van der Waals surface area contributed by atoms with Crippen LogP contribution in [0.15, 0.2) is 30.5 Å². The lowest BCUT2D eigenvalue weighted by molar-refractivity contribution is 0.00843. The van der Waals surface area contributed by atoms with Crippen LogP contribution in [0.2, 0.25) is 0 Å². The lowest BCUT2D eigenvalue weighted by atomic mass is 9.95. The Balaban J connectivity index is 1.91. The SMILES string of the molecule is Cn1ncc(-c2ccc(C3COC3)cc2)c1N. The molecule has 0 bridgehead atoms. The smallest absolute Gasteiger partial charge is 0.129 e. The molecule has 2 aromatic rings. The standard InChI is InChI=1S/C13H15N3O/c1-16-13(14)12(6-15-16)10-4-2-9(3-5-10)11-7-17-8-11/h2-6,11H,7-8,14H2,1H3. The van der Waals surface area contributed by atoms with Gasteiger partial charge >= 0.3 is 0 Å². The minimum Gasteiger partial charge on any atom is -0.383 e. The van der Waals surface area contributed by atoms with Crippen molar-refractivity contribution in [3.8, 4) is 11.1 Å². The van der Waals surface area contributed by atoms with Crippen LogP contribution in [0.25, 0.3) is 11.1 Å². The maximum absolute atomic E-state index is 5.95. The first-order chi connectivity index (χ1) is 8.25. The van der Waals surface area contributed by atoms with E-state index in [0.717, 1.165) is 24.3 Å². The third-order valence-corrected chi connectivity index (χ3v) is 3.32. The van der Waals surface area contributed by atoms with Crippen molar-refractivity contribution in [3.63, 3.8) is 0 Å². The van der Waals surface area contributed by atoms with Crippen LogP contribution in [0, 0.1) is 0 Å². The van der Waals surface area contributed by atoms with E-state index in [1.807, 2.05) is 7.05 Å². The van der Waals surface area contributed by atoms with E-state index in [4.69, 9.17) is 10.5 Å². The lowest BCUT2D eigenvalue weighted by Gasteiger charge is -2.26. The highest BCUT2D eigenvalue weighted by molar-refractivity contribution is 5.73. The van der Waals surface area contributed by atoms with Gasteiger partial charge in [-0.1, -0.05) is 24.3 Å². The van der Waals surface area contributed by atoms with Crippen LogP contribution in [0.5, 0.6) is 0 Å². The lowest BCUT2D eigenvalue weighted by Crippen LogP contribution is -2.24. The highest BCUT2D eigenvalue weighted by atomic mass is 16.5. The number of nitrogens with zero attached hydrogens (tertiary/aromatic N) is 2. The molecule has 0 saturated carbocycles. The third-order valence-electron chi connectivity index (χ3n) is 3.32. The summed E-state index contributed by atoms with van der Waals surface area (Å²) in [4.78, 5) is 0. The normalized spacial score (nSPS) is 15.8. The second-order valence-electron chi connectivity index (χ2n) is 4.42. The van der Waals surface area contributed by atoms with Crippen LogP contribution >= 0.6 is 0 Å². The van der Waals surface area contributed by atoms with E-state index < -0.39 is 0 Å². The van der Waals surface area contributed by atoms with Crippen molar-refractivity contribution in [1.82, 2.24) is 9.78 Å². The predicted molar refractivity (Wildman–Crippen MR) is 66.6 cm³/mol. The van der Waals surface area contributed by atoms with Crippen LogP contribution in [-0.2, 0) is 11.8 Å². The molecule has 4 nitrogen and oxygen atoms in total. The van der Waals surface area contributed by atoms with Crippen molar-refractivity contribution >= 4 is 5.82 Å². The van der Waals surface area contributed by atoms with Crippen LogP contribution in [0.3, 0.4) is 0 Å². The molecule has 0 spiro atoms. The third kappa shape index (κ3) is 1.70. The summed E-state index contributed by atoms with van der Waals surface area (Å²) in [5.74, 6) is 1.26. The molecule has 4 heteroatoms. The van der Waals surface area contributed by atoms with Gasteiger partial charge in [0.05, 0.1) is 19.4 Å². The van der Waals surface area contributed by atoms with Crippen molar-refractivity contribution in [2.24, 2.45) is 7.05 Å². The summed E-state index contributed by atoms with van der Waals surface area (Å²) in [5.41, 5.74) is 9.39. The average Bonchev–Trinajstić information content (AvgIpc) is 2.59. The van der Waals surface area contributed by atoms with E-state index in [2.05, 4.69) is 29.4 Å². The van der Waals surface area contributed by atoms with Gasteiger partial charge in [-0.25, -0.2) is 0 Å². The van der Waals surface area contributed by atoms with Crippen molar-refractivity contribution in [2.45, 2.75) is 5.92 Å². The zero-order valence-corrected chi connectivity index (χ0v) is 9.76. The Morgan fingerprint density at radius 3 is 2.47 bits per heavy atom. The van der Waals surface area contributed by atoms with Gasteiger partial charge in [0.15, 0.2) is 0 Å². The summed E-state index contributed by atoms with van der Waals surface area (Å²) in [5, 5.41) is 4.15. The van der Waals surface area contributed by atoms with E-state index in [9.17, 15) is 0 Å². The molecule has 2 N–H and O–H groups in total. The molecule has 0 unspecified atom stereocenters. The fourth-order valence-electron chi connectivity index (χ4n) is 2.03. The molecule has 3 rings (SSSR count). The van der Waals surface area contributed by atoms with Crippen LogP contribution in [0.1, 0.15) is 11.5 Å². The second-order valence-corrected chi connectivity index (χ2v) is 4.42. The summed E-state index contributed by atoms with van der Waals surface area (Å²) < 4.78 is 6.88. The zero-order chi connectivity index (χ0) is 11.8. The van der Waals surface area contributed by atoms with E-state index >= 15 is 0 Å². The van der Waals surface area contributed by atoms with Gasteiger partial charge in [-0.3, -0.25) is 4.68 Å². The largest absolute Gasteiger partial charge is 0.383 e. The van der Waals surface area contributed by atoms with Crippen molar-refractivity contribution < 1.29 is 4.74 Å². The van der Waals surface area contributed by atoms with Crippen LogP contribution < -0.4 is 5.73 Å². The molecule has 17 heavy (non-hydrogen) atoms. The number of ether oxygens (including phenoxy) is 1. The molecule has 0 atom stereocenters. The quantitative estimate of drug-likeness (QED) is 0.854. The monoisotopic (exact) mass is 229 g/mol. The number of aromatic nitrogens is 2. The molecule has 88 valence electrons. The highest BCUT2D eigenvalue weighted by Gasteiger charge is 2.20. The number of hydrogen-bond donors (Lipinski definition) is 1. The molecule has 1 aromatic heterocycles. The molecular weight excluding hydrogens is 214 g/mol. The van der Waals surface area contributed by atoms with Crippen LogP contribution in [0.4, 0.5) is 5.82 Å². The van der Waals surface area contributed by atoms with E-state index in [1.165, 1.54) is 5.56 Å². The van der Waals surface area contributed by atoms with Crippen LogP contribution in [-0.4, -0.2) is 23.0 Å². The van der Waals surface area contributed by atoms with Gasteiger partial charge in [-0.15, -0.1) is 0 Å². The van der Waals surface area contributed by atoms with Gasteiger partial charge in [0.2, 0.25) is 0 Å². The van der Waals surface area contributed by atoms with Crippen molar-refractivity contribution in [3.05, 3.63) is 36.0 Å². The molecular formula is C13H15N3O. The fraction of sp³-hybridized carbons (Fsp3) is 0.308. The van der Waals surface area contributed by atoms with E-state index in [1.54, 1.807) is 10.9 Å². The Morgan fingerprint density at radius 1 is 1.29 bits per heavy atom. The van der Waals surface area contributed by atoms with Gasteiger partial charge in [-0.05, 0) is 11.1 Å². The van der Waals surface area contributed by atoms with Gasteiger partial charge in [0, 0.05) is 18.5 Å². The summed E-state index contributed by atoms with van der Waals surface area (Å²) in [6.07, 6.45) is 1.80. The minimum absolute atomic E-state index is 0.565. The van der Waals surface area contributed by atoms with Gasteiger partial charge in [0.25, 0.3) is 0 Å². The molecule has 1 aliphatic rings. The molecule has 1 fully saturated rings. The molecule has 0 radical (unpaired) electrons. The number of anilines is 1. The molecule has 1 aliphatic heterocycles. The number of hydrogen-bond acceptors (Lipinski definition) is 3. The first-order valence-electron chi connectivity index (χ1n) is 5.71. The van der Waals surface area contributed by atoms with Gasteiger partial charge in [-0.2, -0.15) is 5.10 Å². The Hall–Kier alpha value is -1.81. The summed E-state index contributed by atoms with van der Waals surface area (Å²) in [6, 6.07) is 8.49. The first kappa shape index (κ1) is 10.4. The maximum atomic E-state index is 5.95.